The summed E-state index contributed by atoms with van der Waals surface area (Å²) in [5.41, 5.74) is 0.870. The van der Waals surface area contributed by atoms with Gasteiger partial charge in [-0.2, -0.15) is 0 Å². The highest BCUT2D eigenvalue weighted by atomic mass is 16.4. The normalized spacial score (nSPS) is 22.3. The lowest BCUT2D eigenvalue weighted by atomic mass is 10.2. The van der Waals surface area contributed by atoms with Crippen LogP contribution in [-0.4, -0.2) is 50.8 Å². The first-order valence-electron chi connectivity index (χ1n) is 5.92. The Morgan fingerprint density at radius 2 is 2.11 bits per heavy atom. The van der Waals surface area contributed by atoms with Gasteiger partial charge in [-0.25, -0.2) is 9.59 Å². The summed E-state index contributed by atoms with van der Waals surface area (Å²) in [5, 5.41) is 21.1. The van der Waals surface area contributed by atoms with E-state index in [2.05, 4.69) is 10.3 Å². The number of likely N-dealkylation sites (tertiary alicyclic amines) is 1. The minimum absolute atomic E-state index is 0.0408. The van der Waals surface area contributed by atoms with Crippen molar-refractivity contribution in [2.24, 2.45) is 0 Å². The number of β-amino-alcohol motifs (C(OH)–C–C–N with tert-alkyl or cyclic N) is 1. The van der Waals surface area contributed by atoms with Crippen molar-refractivity contribution in [3.63, 3.8) is 0 Å². The smallest absolute Gasteiger partial charge is 0.326 e. The third-order valence-electron chi connectivity index (χ3n) is 3.02. The number of hydrogen-bond acceptors (Lipinski definition) is 4. The Bertz CT molecular complexity index is 465. The Morgan fingerprint density at radius 3 is 2.74 bits per heavy atom. The zero-order valence-electron chi connectivity index (χ0n) is 10.2. The number of urea groups is 1. The maximum absolute atomic E-state index is 11.9. The number of nitrogens with zero attached hydrogens (tertiary/aromatic N) is 2. The molecule has 7 heteroatoms. The third kappa shape index (κ3) is 3.19. The summed E-state index contributed by atoms with van der Waals surface area (Å²) in [4.78, 5) is 27.9. The number of amides is 2. The summed E-state index contributed by atoms with van der Waals surface area (Å²) < 4.78 is 0. The highest BCUT2D eigenvalue weighted by molar-refractivity contribution is 5.83. The molecule has 0 bridgehead atoms. The van der Waals surface area contributed by atoms with E-state index >= 15 is 0 Å². The number of aliphatic hydroxyl groups excluding tert-OH is 1. The number of carbonyl (C=O) groups excluding carboxylic acids is 1. The Kier molecular flexibility index (Phi) is 3.96. The SMILES string of the molecule is O=C(O)C1CC(O)CN1C(=O)NCc1ccncc1. The summed E-state index contributed by atoms with van der Waals surface area (Å²) in [6.45, 7) is 0.333. The fraction of sp³-hybridized carbons (Fsp3) is 0.417. The van der Waals surface area contributed by atoms with Gasteiger partial charge in [-0.15, -0.1) is 0 Å². The number of carboxylic acid groups (broad SMARTS) is 1. The van der Waals surface area contributed by atoms with Crippen LogP contribution in [0, 0.1) is 0 Å². The second kappa shape index (κ2) is 5.66. The molecule has 1 aromatic heterocycles. The molecule has 7 nitrogen and oxygen atoms in total. The van der Waals surface area contributed by atoms with Crippen molar-refractivity contribution in [3.8, 4) is 0 Å². The van der Waals surface area contributed by atoms with Gasteiger partial charge in [-0.1, -0.05) is 0 Å². The predicted octanol–water partition coefficient (Wildman–Crippen LogP) is -0.189. The van der Waals surface area contributed by atoms with E-state index in [1.165, 1.54) is 0 Å². The van der Waals surface area contributed by atoms with E-state index in [0.29, 0.717) is 6.54 Å². The highest BCUT2D eigenvalue weighted by Gasteiger charge is 2.38. The summed E-state index contributed by atoms with van der Waals surface area (Å²) in [6, 6.07) is 2.06. The van der Waals surface area contributed by atoms with E-state index in [9.17, 15) is 14.7 Å². The number of pyridine rings is 1. The lowest BCUT2D eigenvalue weighted by molar-refractivity contribution is -0.141. The van der Waals surface area contributed by atoms with Gasteiger partial charge in [0.2, 0.25) is 0 Å². The molecule has 1 aliphatic heterocycles. The lowest BCUT2D eigenvalue weighted by Gasteiger charge is -2.21. The molecule has 1 fully saturated rings. The maximum atomic E-state index is 11.9. The molecule has 1 saturated heterocycles. The van der Waals surface area contributed by atoms with Gasteiger partial charge in [0.1, 0.15) is 6.04 Å². The molecule has 0 aliphatic carbocycles. The van der Waals surface area contributed by atoms with Crippen LogP contribution in [0.4, 0.5) is 4.79 Å². The van der Waals surface area contributed by atoms with Crippen LogP contribution in [0.1, 0.15) is 12.0 Å². The van der Waals surface area contributed by atoms with Crippen molar-refractivity contribution in [3.05, 3.63) is 30.1 Å². The molecule has 2 unspecified atom stereocenters. The number of aliphatic carboxylic acids is 1. The van der Waals surface area contributed by atoms with Gasteiger partial charge in [0, 0.05) is 31.9 Å². The van der Waals surface area contributed by atoms with Gasteiger partial charge in [-0.05, 0) is 17.7 Å². The van der Waals surface area contributed by atoms with E-state index < -0.39 is 24.1 Å². The molecule has 0 saturated carbocycles. The molecule has 0 aromatic carbocycles. The Labute approximate surface area is 109 Å². The third-order valence-corrected chi connectivity index (χ3v) is 3.02. The van der Waals surface area contributed by atoms with Gasteiger partial charge in [0.25, 0.3) is 0 Å². The molecule has 0 radical (unpaired) electrons. The highest BCUT2D eigenvalue weighted by Crippen LogP contribution is 2.18. The van der Waals surface area contributed by atoms with Crippen LogP contribution in [0.3, 0.4) is 0 Å². The molecule has 2 rings (SSSR count). The summed E-state index contributed by atoms with van der Waals surface area (Å²) >= 11 is 0. The molecule has 102 valence electrons. The van der Waals surface area contributed by atoms with E-state index in [-0.39, 0.29) is 13.0 Å². The Morgan fingerprint density at radius 1 is 1.42 bits per heavy atom. The number of hydrogen-bond donors (Lipinski definition) is 3. The van der Waals surface area contributed by atoms with E-state index in [4.69, 9.17) is 5.11 Å². The molecule has 19 heavy (non-hydrogen) atoms. The molecule has 0 spiro atoms. The van der Waals surface area contributed by atoms with Gasteiger partial charge in [0.05, 0.1) is 6.10 Å². The average molecular weight is 265 g/mol. The molecule has 2 atom stereocenters. The largest absolute Gasteiger partial charge is 0.480 e. The minimum Gasteiger partial charge on any atom is -0.480 e. The van der Waals surface area contributed by atoms with Crippen molar-refractivity contribution in [1.82, 2.24) is 15.2 Å². The first kappa shape index (κ1) is 13.3. The van der Waals surface area contributed by atoms with Crippen LogP contribution in [0.5, 0.6) is 0 Å². The van der Waals surface area contributed by atoms with Crippen molar-refractivity contribution in [1.29, 1.82) is 0 Å². The fourth-order valence-corrected chi connectivity index (χ4v) is 2.05. The van der Waals surface area contributed by atoms with Crippen LogP contribution in [0.25, 0.3) is 0 Å². The topological polar surface area (TPSA) is 103 Å². The van der Waals surface area contributed by atoms with E-state index in [1.807, 2.05) is 0 Å². The molecule has 3 N–H and O–H groups in total. The van der Waals surface area contributed by atoms with Crippen LogP contribution >= 0.6 is 0 Å². The van der Waals surface area contributed by atoms with Gasteiger partial charge < -0.3 is 20.4 Å². The zero-order chi connectivity index (χ0) is 13.8. The van der Waals surface area contributed by atoms with Crippen LogP contribution in [-0.2, 0) is 11.3 Å². The van der Waals surface area contributed by atoms with E-state index in [0.717, 1.165) is 10.5 Å². The van der Waals surface area contributed by atoms with Gasteiger partial charge in [-0.3, -0.25) is 4.98 Å². The quantitative estimate of drug-likeness (QED) is 0.703. The van der Waals surface area contributed by atoms with E-state index in [1.54, 1.807) is 24.5 Å². The Hall–Kier alpha value is -2.15. The summed E-state index contributed by atoms with van der Waals surface area (Å²) in [7, 11) is 0. The van der Waals surface area contributed by atoms with Crippen molar-refractivity contribution in [2.75, 3.05) is 6.54 Å². The fourth-order valence-electron chi connectivity index (χ4n) is 2.05. The van der Waals surface area contributed by atoms with Gasteiger partial charge in [0.15, 0.2) is 0 Å². The number of nitrogens with one attached hydrogen (secondary N) is 1. The van der Waals surface area contributed by atoms with Crippen molar-refractivity contribution < 1.29 is 19.8 Å². The number of aliphatic hydroxyl groups is 1. The monoisotopic (exact) mass is 265 g/mol. The first-order valence-corrected chi connectivity index (χ1v) is 5.92. The zero-order valence-corrected chi connectivity index (χ0v) is 10.2. The number of carbonyl (C=O) groups is 2. The van der Waals surface area contributed by atoms with Crippen LogP contribution < -0.4 is 5.32 Å². The lowest BCUT2D eigenvalue weighted by Crippen LogP contribution is -2.45. The maximum Gasteiger partial charge on any atom is 0.326 e. The number of aromatic nitrogens is 1. The summed E-state index contributed by atoms with van der Waals surface area (Å²) in [6.07, 6.45) is 2.51. The standard InChI is InChI=1S/C12H15N3O4/c16-9-5-10(11(17)18)15(7-9)12(19)14-6-8-1-3-13-4-2-8/h1-4,9-10,16H,5-7H2,(H,14,19)(H,17,18). The van der Waals surface area contributed by atoms with Crippen LogP contribution in [0.2, 0.25) is 0 Å². The minimum atomic E-state index is -1.10. The van der Waals surface area contributed by atoms with Crippen molar-refractivity contribution >= 4 is 12.0 Å². The average Bonchev–Trinajstić information content (AvgIpc) is 2.79. The molecule has 2 amide bonds. The molecule has 1 aliphatic rings. The second-order valence-electron chi connectivity index (χ2n) is 4.41. The molecular weight excluding hydrogens is 250 g/mol. The first-order chi connectivity index (χ1) is 9.08. The van der Waals surface area contributed by atoms with Crippen LogP contribution in [0.15, 0.2) is 24.5 Å². The second-order valence-corrected chi connectivity index (χ2v) is 4.41. The predicted molar refractivity (Wildman–Crippen MR) is 65.2 cm³/mol. The molecule has 1 aromatic rings. The van der Waals surface area contributed by atoms with Gasteiger partial charge >= 0.3 is 12.0 Å². The number of carboxylic acids is 1. The molecule has 2 heterocycles. The van der Waals surface area contributed by atoms with Crippen molar-refractivity contribution in [2.45, 2.75) is 25.1 Å². The number of rotatable bonds is 3. The molecular formula is C12H15N3O4. The summed E-state index contributed by atoms with van der Waals surface area (Å²) in [5.74, 6) is -1.10. The Balaban J connectivity index is 1.94.